The average molecular weight is 380 g/mol. The zero-order valence-corrected chi connectivity index (χ0v) is 15.8. The molecule has 1 aromatic carbocycles. The van der Waals surface area contributed by atoms with Gasteiger partial charge in [-0.2, -0.15) is 0 Å². The van der Waals surface area contributed by atoms with Crippen LogP contribution in [0.25, 0.3) is 0 Å². The highest BCUT2D eigenvalue weighted by Crippen LogP contribution is 2.27. The third-order valence-electron chi connectivity index (χ3n) is 5.42. The minimum absolute atomic E-state index is 0.165. The van der Waals surface area contributed by atoms with Gasteiger partial charge in [0, 0.05) is 38.3 Å². The number of hydrogen-bond donors (Lipinski definition) is 0. The minimum Gasteiger partial charge on any atom is -0.374 e. The number of hydrogen-bond acceptors (Lipinski definition) is 5. The molecule has 0 unspecified atom stereocenters. The van der Waals surface area contributed by atoms with Crippen molar-refractivity contribution in [3.05, 3.63) is 51.6 Å². The van der Waals surface area contributed by atoms with Crippen LogP contribution in [-0.4, -0.2) is 53.3 Å². The molecule has 140 valence electrons. The van der Waals surface area contributed by atoms with Gasteiger partial charge in [0.2, 0.25) is 0 Å². The van der Waals surface area contributed by atoms with Gasteiger partial charge in [-0.25, -0.2) is 4.39 Å². The minimum atomic E-state index is -0.364. The van der Waals surface area contributed by atoms with Crippen molar-refractivity contribution in [3.63, 3.8) is 0 Å². The molecule has 2 aliphatic heterocycles. The van der Waals surface area contributed by atoms with E-state index in [0.717, 1.165) is 49.8 Å². The van der Waals surface area contributed by atoms with E-state index in [2.05, 4.69) is 15.0 Å². The van der Waals surface area contributed by atoms with Gasteiger partial charge >= 0.3 is 0 Å². The molecule has 0 bridgehead atoms. The number of aromatic nitrogens is 1. The molecule has 7 heteroatoms. The Kier molecular flexibility index (Phi) is 5.01. The fourth-order valence-electron chi connectivity index (χ4n) is 3.99. The highest BCUT2D eigenvalue weighted by molar-refractivity contribution is 6.30. The number of rotatable bonds is 4. The molecule has 2 aromatic rings. The zero-order chi connectivity index (χ0) is 18.3. The smallest absolute Gasteiger partial charge is 0.142 e. The Bertz CT molecular complexity index is 778. The average Bonchev–Trinajstić information content (AvgIpc) is 3.16. The van der Waals surface area contributed by atoms with E-state index in [0.29, 0.717) is 12.6 Å². The fourth-order valence-corrected chi connectivity index (χ4v) is 4.10. The molecule has 0 radical (unpaired) electrons. The first-order valence-corrected chi connectivity index (χ1v) is 9.32. The first-order valence-electron chi connectivity index (χ1n) is 8.95. The van der Waals surface area contributed by atoms with Crippen molar-refractivity contribution in [2.24, 2.45) is 0 Å². The van der Waals surface area contributed by atoms with Gasteiger partial charge < -0.3 is 9.26 Å². The second-order valence-electron chi connectivity index (χ2n) is 7.19. The molecule has 2 saturated heterocycles. The van der Waals surface area contributed by atoms with Crippen LogP contribution in [0.4, 0.5) is 4.39 Å². The third-order valence-corrected chi connectivity index (χ3v) is 5.73. The molecule has 2 atom stereocenters. The van der Waals surface area contributed by atoms with Crippen molar-refractivity contribution in [1.29, 1.82) is 0 Å². The summed E-state index contributed by atoms with van der Waals surface area (Å²) >= 11 is 5.78. The maximum absolute atomic E-state index is 13.7. The van der Waals surface area contributed by atoms with Crippen molar-refractivity contribution in [2.45, 2.75) is 39.1 Å². The van der Waals surface area contributed by atoms with Crippen LogP contribution in [0.2, 0.25) is 5.02 Å². The predicted octanol–water partition coefficient (Wildman–Crippen LogP) is 3.17. The molecule has 0 amide bonds. The number of nitrogens with zero attached hydrogens (tertiary/aromatic N) is 3. The summed E-state index contributed by atoms with van der Waals surface area (Å²) in [6.45, 7) is 8.86. The van der Waals surface area contributed by atoms with Gasteiger partial charge in [-0.15, -0.1) is 0 Å². The topological polar surface area (TPSA) is 41.7 Å². The van der Waals surface area contributed by atoms with Crippen LogP contribution in [0.15, 0.2) is 22.7 Å². The van der Waals surface area contributed by atoms with Gasteiger partial charge in [-0.1, -0.05) is 22.8 Å². The van der Waals surface area contributed by atoms with Crippen molar-refractivity contribution in [1.82, 2.24) is 15.0 Å². The van der Waals surface area contributed by atoms with Crippen molar-refractivity contribution in [3.8, 4) is 0 Å². The lowest BCUT2D eigenvalue weighted by Gasteiger charge is -2.36. The van der Waals surface area contributed by atoms with Gasteiger partial charge in [0.15, 0.2) is 0 Å². The van der Waals surface area contributed by atoms with E-state index in [9.17, 15) is 4.39 Å². The van der Waals surface area contributed by atoms with Gasteiger partial charge in [-0.05, 0) is 31.5 Å². The summed E-state index contributed by atoms with van der Waals surface area (Å²) in [6.07, 6.45) is 0.182. The number of halogens is 2. The number of aryl methyl sites for hydroxylation is 2. The second-order valence-corrected chi connectivity index (χ2v) is 7.60. The Labute approximate surface area is 157 Å². The monoisotopic (exact) mass is 379 g/mol. The fraction of sp³-hybridized carbons (Fsp3) is 0.526. The van der Waals surface area contributed by atoms with Gasteiger partial charge in [-0.3, -0.25) is 9.80 Å². The Morgan fingerprint density at radius 1 is 1.27 bits per heavy atom. The molecular weight excluding hydrogens is 357 g/mol. The Morgan fingerprint density at radius 2 is 2.12 bits per heavy atom. The van der Waals surface area contributed by atoms with Crippen LogP contribution < -0.4 is 0 Å². The first kappa shape index (κ1) is 17.9. The first-order chi connectivity index (χ1) is 12.5. The summed E-state index contributed by atoms with van der Waals surface area (Å²) < 4.78 is 25.0. The highest BCUT2D eigenvalue weighted by Gasteiger charge is 2.40. The van der Waals surface area contributed by atoms with Crippen LogP contribution in [0.1, 0.15) is 22.6 Å². The van der Waals surface area contributed by atoms with Crippen molar-refractivity contribution >= 4 is 11.6 Å². The molecule has 4 rings (SSSR count). The normalized spacial score (nSPS) is 24.2. The van der Waals surface area contributed by atoms with E-state index < -0.39 is 0 Å². The van der Waals surface area contributed by atoms with Crippen LogP contribution in [0.3, 0.4) is 0 Å². The quantitative estimate of drug-likeness (QED) is 0.816. The van der Waals surface area contributed by atoms with Crippen LogP contribution in [-0.2, 0) is 17.8 Å². The lowest BCUT2D eigenvalue weighted by molar-refractivity contribution is -0.0506. The van der Waals surface area contributed by atoms with E-state index in [1.165, 1.54) is 11.6 Å². The van der Waals surface area contributed by atoms with Gasteiger partial charge in [0.25, 0.3) is 0 Å². The van der Waals surface area contributed by atoms with E-state index in [4.69, 9.17) is 20.9 Å². The molecule has 2 aliphatic rings. The summed E-state index contributed by atoms with van der Waals surface area (Å²) in [5.41, 5.74) is 3.06. The molecule has 5 nitrogen and oxygen atoms in total. The van der Waals surface area contributed by atoms with Crippen LogP contribution in [0, 0.1) is 19.7 Å². The molecule has 0 N–H and O–H groups in total. The summed E-state index contributed by atoms with van der Waals surface area (Å²) in [6, 6.07) is 5.35. The number of likely N-dealkylation sites (tertiary alicyclic amines) is 1. The summed E-state index contributed by atoms with van der Waals surface area (Å²) in [7, 11) is 0. The number of ether oxygens (including phenoxy) is 1. The Balaban J connectivity index is 1.45. The van der Waals surface area contributed by atoms with E-state index >= 15 is 0 Å². The molecule has 26 heavy (non-hydrogen) atoms. The maximum Gasteiger partial charge on any atom is 0.142 e. The Hall–Kier alpha value is -1.47. The zero-order valence-electron chi connectivity index (χ0n) is 15.0. The summed E-state index contributed by atoms with van der Waals surface area (Å²) in [5, 5.41) is 4.23. The third kappa shape index (κ3) is 3.51. The van der Waals surface area contributed by atoms with Crippen LogP contribution in [0.5, 0.6) is 0 Å². The largest absolute Gasteiger partial charge is 0.374 e. The van der Waals surface area contributed by atoms with Gasteiger partial charge in [0.1, 0.15) is 11.6 Å². The highest BCUT2D eigenvalue weighted by atomic mass is 35.5. The Morgan fingerprint density at radius 3 is 2.85 bits per heavy atom. The predicted molar refractivity (Wildman–Crippen MR) is 96.6 cm³/mol. The SMILES string of the molecule is Cc1noc(C)c1CN1CCO[C@@H]2CN(Cc3ccc(Cl)c(F)c3)C[C@@H]21. The summed E-state index contributed by atoms with van der Waals surface area (Å²) in [5.74, 6) is 0.522. The number of morpholine rings is 1. The molecule has 2 fully saturated rings. The number of benzene rings is 1. The second kappa shape index (κ2) is 7.27. The molecule has 0 saturated carbocycles. The van der Waals surface area contributed by atoms with Crippen molar-refractivity contribution < 1.29 is 13.7 Å². The molecule has 0 spiro atoms. The molecule has 0 aliphatic carbocycles. The van der Waals surface area contributed by atoms with E-state index in [1.807, 2.05) is 19.9 Å². The molecule has 3 heterocycles. The summed E-state index contributed by atoms with van der Waals surface area (Å²) in [4.78, 5) is 4.78. The standard InChI is InChI=1S/C19H23ClFN3O2/c1-12-15(13(2)26-22-12)9-24-5-6-25-19-11-23(10-18(19)24)8-14-3-4-16(20)17(21)7-14/h3-4,7,18-19H,5-6,8-11H2,1-2H3/t18-,19+/m0/s1. The molecule has 1 aromatic heterocycles. The van der Waals surface area contributed by atoms with Crippen molar-refractivity contribution in [2.75, 3.05) is 26.2 Å². The molecular formula is C19H23ClFN3O2. The van der Waals surface area contributed by atoms with Gasteiger partial charge in [0.05, 0.1) is 29.5 Å². The van der Waals surface area contributed by atoms with E-state index in [1.54, 1.807) is 6.07 Å². The van der Waals surface area contributed by atoms with E-state index in [-0.39, 0.29) is 16.9 Å². The van der Waals surface area contributed by atoms with Crippen LogP contribution >= 0.6 is 11.6 Å². The lowest BCUT2D eigenvalue weighted by atomic mass is 10.1. The number of fused-ring (bicyclic) bond motifs is 1. The lowest BCUT2D eigenvalue weighted by Crippen LogP contribution is -2.50. The maximum atomic E-state index is 13.7.